The van der Waals surface area contributed by atoms with E-state index in [1.54, 1.807) is 30.5 Å². The number of piperidine rings is 1. The van der Waals surface area contributed by atoms with Gasteiger partial charge in [0, 0.05) is 36.3 Å². The predicted molar refractivity (Wildman–Crippen MR) is 125 cm³/mol. The Morgan fingerprint density at radius 2 is 1.87 bits per heavy atom. The average molecular weight is 505 g/mol. The Kier molecular flexibility index (Phi) is 7.86. The monoisotopic (exact) mass is 503 g/mol. The van der Waals surface area contributed by atoms with Crippen LogP contribution in [0.4, 0.5) is 0 Å². The van der Waals surface area contributed by atoms with Gasteiger partial charge in [0.05, 0.1) is 27.1 Å². The van der Waals surface area contributed by atoms with E-state index in [-0.39, 0.29) is 23.2 Å². The topological polar surface area (TPSA) is 79.4 Å². The van der Waals surface area contributed by atoms with Gasteiger partial charge in [0.25, 0.3) is 5.91 Å². The zero-order valence-corrected chi connectivity index (χ0v) is 20.2. The van der Waals surface area contributed by atoms with Gasteiger partial charge >= 0.3 is 0 Å². The van der Waals surface area contributed by atoms with Crippen molar-refractivity contribution in [2.75, 3.05) is 25.4 Å². The first kappa shape index (κ1) is 24.3. The van der Waals surface area contributed by atoms with Gasteiger partial charge in [-0.05, 0) is 49.6 Å². The summed E-state index contributed by atoms with van der Waals surface area (Å²) >= 11 is 18.5. The molecule has 1 aliphatic rings. The Hall–Kier alpha value is -1.38. The number of benzene rings is 1. The van der Waals surface area contributed by atoms with Crippen molar-refractivity contribution in [1.82, 2.24) is 14.6 Å². The van der Waals surface area contributed by atoms with E-state index in [1.165, 1.54) is 10.4 Å². The first-order valence-corrected chi connectivity index (χ1v) is 12.7. The summed E-state index contributed by atoms with van der Waals surface area (Å²) in [6.07, 6.45) is 3.19. The minimum atomic E-state index is -3.30. The Balaban J connectivity index is 1.83. The SMILES string of the molecule is CCCS(=O)(=O)N1CCC(CNC(=O)c2ccc(Cl)cc2Cl)(c2ncccc2Cl)CC1. The number of halogens is 3. The molecule has 1 aromatic carbocycles. The second-order valence-electron chi connectivity index (χ2n) is 7.64. The van der Waals surface area contributed by atoms with Crippen molar-refractivity contribution in [2.24, 2.45) is 0 Å². The fourth-order valence-corrected chi connectivity index (χ4v) is 6.20. The highest BCUT2D eigenvalue weighted by molar-refractivity contribution is 7.89. The first-order valence-electron chi connectivity index (χ1n) is 10.0. The van der Waals surface area contributed by atoms with Crippen molar-refractivity contribution in [1.29, 1.82) is 0 Å². The molecule has 1 N–H and O–H groups in total. The zero-order chi connectivity index (χ0) is 22.6. The quantitative estimate of drug-likeness (QED) is 0.600. The fourth-order valence-electron chi connectivity index (χ4n) is 3.87. The number of nitrogens with zero attached hydrogens (tertiary/aromatic N) is 2. The second kappa shape index (κ2) is 10.0. The van der Waals surface area contributed by atoms with Crippen LogP contribution in [0.15, 0.2) is 36.5 Å². The standard InChI is InChI=1S/C21H24Cl3N3O3S/c1-2-12-31(29,30)27-10-7-21(8-11-27,19-17(23)4-3-9-25-19)14-26-20(28)16-6-5-15(22)13-18(16)24/h3-6,9,13H,2,7-8,10-12,14H2,1H3,(H,26,28). The third-order valence-corrected chi connectivity index (χ3v) is 8.49. The lowest BCUT2D eigenvalue weighted by Crippen LogP contribution is -2.51. The molecule has 0 radical (unpaired) electrons. The van der Waals surface area contributed by atoms with Crippen molar-refractivity contribution in [3.63, 3.8) is 0 Å². The van der Waals surface area contributed by atoms with Gasteiger partial charge in [0.15, 0.2) is 0 Å². The lowest BCUT2D eigenvalue weighted by molar-refractivity contribution is 0.0932. The number of aromatic nitrogens is 1. The minimum Gasteiger partial charge on any atom is -0.351 e. The highest BCUT2D eigenvalue weighted by atomic mass is 35.5. The van der Waals surface area contributed by atoms with Crippen LogP contribution < -0.4 is 5.32 Å². The number of hydrogen-bond acceptors (Lipinski definition) is 4. The number of amides is 1. The van der Waals surface area contributed by atoms with E-state index in [1.807, 2.05) is 6.92 Å². The zero-order valence-electron chi connectivity index (χ0n) is 17.1. The predicted octanol–water partition coefficient (Wildman–Crippen LogP) is 4.55. The number of sulfonamides is 1. The van der Waals surface area contributed by atoms with Gasteiger partial charge < -0.3 is 5.32 Å². The summed E-state index contributed by atoms with van der Waals surface area (Å²) in [6.45, 7) is 2.78. The van der Waals surface area contributed by atoms with Gasteiger partial charge in [0.1, 0.15) is 0 Å². The average Bonchev–Trinajstić information content (AvgIpc) is 2.72. The molecule has 6 nitrogen and oxygen atoms in total. The summed E-state index contributed by atoms with van der Waals surface area (Å²) in [5.41, 5.74) is 0.383. The lowest BCUT2D eigenvalue weighted by atomic mass is 9.75. The molecule has 0 unspecified atom stereocenters. The van der Waals surface area contributed by atoms with Gasteiger partial charge in [-0.15, -0.1) is 0 Å². The van der Waals surface area contributed by atoms with Crippen LogP contribution in [0.5, 0.6) is 0 Å². The maximum Gasteiger partial charge on any atom is 0.252 e. The van der Waals surface area contributed by atoms with Crippen LogP contribution in [-0.4, -0.2) is 49.0 Å². The van der Waals surface area contributed by atoms with Crippen molar-refractivity contribution >= 4 is 50.7 Å². The van der Waals surface area contributed by atoms with Gasteiger partial charge in [-0.3, -0.25) is 9.78 Å². The van der Waals surface area contributed by atoms with Crippen molar-refractivity contribution < 1.29 is 13.2 Å². The summed E-state index contributed by atoms with van der Waals surface area (Å²) < 4.78 is 26.5. The first-order chi connectivity index (χ1) is 14.7. The maximum atomic E-state index is 12.8. The van der Waals surface area contributed by atoms with E-state index in [0.717, 1.165) is 0 Å². The molecular weight excluding hydrogens is 481 g/mol. The largest absolute Gasteiger partial charge is 0.351 e. The number of carbonyl (C=O) groups is 1. The minimum absolute atomic E-state index is 0.121. The van der Waals surface area contributed by atoms with Crippen LogP contribution in [0, 0.1) is 0 Å². The molecule has 0 atom stereocenters. The molecule has 1 aliphatic heterocycles. The maximum absolute atomic E-state index is 12.8. The van der Waals surface area contributed by atoms with Gasteiger partial charge in [-0.25, -0.2) is 12.7 Å². The molecule has 10 heteroatoms. The molecule has 2 aromatic rings. The van der Waals surface area contributed by atoms with Crippen LogP contribution >= 0.6 is 34.8 Å². The molecule has 31 heavy (non-hydrogen) atoms. The summed E-state index contributed by atoms with van der Waals surface area (Å²) in [7, 11) is -3.30. The van der Waals surface area contributed by atoms with Gasteiger partial charge in [0.2, 0.25) is 10.0 Å². The molecule has 1 amide bonds. The molecule has 0 bridgehead atoms. The van der Waals surface area contributed by atoms with Crippen LogP contribution in [0.3, 0.4) is 0 Å². The van der Waals surface area contributed by atoms with Crippen molar-refractivity contribution in [2.45, 2.75) is 31.6 Å². The van der Waals surface area contributed by atoms with Crippen LogP contribution in [-0.2, 0) is 15.4 Å². The fraction of sp³-hybridized carbons (Fsp3) is 0.429. The number of pyridine rings is 1. The summed E-state index contributed by atoms with van der Waals surface area (Å²) in [4.78, 5) is 17.3. The van der Waals surface area contributed by atoms with Crippen LogP contribution in [0.25, 0.3) is 0 Å². The summed E-state index contributed by atoms with van der Waals surface area (Å²) in [5, 5.41) is 4.14. The van der Waals surface area contributed by atoms with E-state index in [9.17, 15) is 13.2 Å². The Morgan fingerprint density at radius 3 is 2.48 bits per heavy atom. The molecule has 2 heterocycles. The molecule has 168 valence electrons. The second-order valence-corrected chi connectivity index (χ2v) is 11.0. The van der Waals surface area contributed by atoms with E-state index in [2.05, 4.69) is 10.3 Å². The molecule has 1 fully saturated rings. The third kappa shape index (κ3) is 5.52. The molecule has 0 aliphatic carbocycles. The van der Waals surface area contributed by atoms with E-state index < -0.39 is 15.4 Å². The number of hydrogen-bond donors (Lipinski definition) is 1. The Bertz CT molecular complexity index is 1050. The van der Waals surface area contributed by atoms with Gasteiger partial charge in [-0.1, -0.05) is 41.7 Å². The Morgan fingerprint density at radius 1 is 1.16 bits per heavy atom. The number of rotatable bonds is 7. The highest BCUT2D eigenvalue weighted by Crippen LogP contribution is 2.38. The van der Waals surface area contributed by atoms with Crippen molar-refractivity contribution in [3.8, 4) is 0 Å². The number of nitrogens with one attached hydrogen (secondary N) is 1. The van der Waals surface area contributed by atoms with Crippen LogP contribution in [0.2, 0.25) is 15.1 Å². The third-order valence-electron chi connectivity index (χ3n) is 5.56. The molecule has 1 saturated heterocycles. The van der Waals surface area contributed by atoms with E-state index >= 15 is 0 Å². The summed E-state index contributed by atoms with van der Waals surface area (Å²) in [6, 6.07) is 8.18. The lowest BCUT2D eigenvalue weighted by Gasteiger charge is -2.41. The molecule has 1 aromatic heterocycles. The Labute approximate surface area is 197 Å². The van der Waals surface area contributed by atoms with E-state index in [4.69, 9.17) is 34.8 Å². The molecular formula is C21H24Cl3N3O3S. The molecule has 0 saturated carbocycles. The highest BCUT2D eigenvalue weighted by Gasteiger charge is 2.41. The number of carbonyl (C=O) groups excluding carboxylic acids is 1. The smallest absolute Gasteiger partial charge is 0.252 e. The molecule has 3 rings (SSSR count). The molecule has 0 spiro atoms. The normalized spacial score (nSPS) is 16.8. The van der Waals surface area contributed by atoms with Gasteiger partial charge in [-0.2, -0.15) is 0 Å². The summed E-state index contributed by atoms with van der Waals surface area (Å²) in [5.74, 6) is -0.218. The van der Waals surface area contributed by atoms with Crippen molar-refractivity contribution in [3.05, 3.63) is 62.9 Å². The van der Waals surface area contributed by atoms with E-state index in [0.29, 0.717) is 53.7 Å². The van der Waals surface area contributed by atoms with Crippen LogP contribution in [0.1, 0.15) is 42.2 Å².